The average molecular weight is 287 g/mol. The highest BCUT2D eigenvalue weighted by Gasteiger charge is 2.43. The Morgan fingerprint density at radius 1 is 1.05 bits per heavy atom. The van der Waals surface area contributed by atoms with Crippen LogP contribution in [0.5, 0.6) is 0 Å². The zero-order chi connectivity index (χ0) is 14.9. The van der Waals surface area contributed by atoms with Crippen molar-refractivity contribution in [1.29, 1.82) is 0 Å². The van der Waals surface area contributed by atoms with Gasteiger partial charge in [-0.15, -0.1) is 0 Å². The molecule has 1 fully saturated rings. The SMILES string of the molecule is CN(C)C1(C(O)c2ccc(F)c(F)c2F)CCCCC1. The van der Waals surface area contributed by atoms with Crippen LogP contribution in [0.3, 0.4) is 0 Å². The minimum atomic E-state index is -1.52. The molecule has 0 spiro atoms. The maximum atomic E-state index is 13.9. The molecule has 20 heavy (non-hydrogen) atoms. The minimum absolute atomic E-state index is 0.167. The number of halogens is 3. The lowest BCUT2D eigenvalue weighted by atomic mass is 9.74. The van der Waals surface area contributed by atoms with Crippen LogP contribution in [0.25, 0.3) is 0 Å². The number of rotatable bonds is 3. The topological polar surface area (TPSA) is 23.5 Å². The average Bonchev–Trinajstić information content (AvgIpc) is 2.45. The van der Waals surface area contributed by atoms with E-state index in [1.807, 2.05) is 19.0 Å². The zero-order valence-electron chi connectivity index (χ0n) is 11.8. The Bertz CT molecular complexity index is 484. The van der Waals surface area contributed by atoms with Gasteiger partial charge >= 0.3 is 0 Å². The molecule has 5 heteroatoms. The number of hydrogen-bond donors (Lipinski definition) is 1. The van der Waals surface area contributed by atoms with Gasteiger partial charge in [0.2, 0.25) is 0 Å². The van der Waals surface area contributed by atoms with Crippen molar-refractivity contribution >= 4 is 0 Å². The van der Waals surface area contributed by atoms with Gasteiger partial charge in [-0.1, -0.05) is 25.3 Å². The van der Waals surface area contributed by atoms with E-state index in [1.54, 1.807) is 0 Å². The van der Waals surface area contributed by atoms with Crippen LogP contribution in [0.1, 0.15) is 43.8 Å². The number of aliphatic hydroxyl groups is 1. The molecule has 0 radical (unpaired) electrons. The summed E-state index contributed by atoms with van der Waals surface area (Å²) in [6.07, 6.45) is 3.18. The van der Waals surface area contributed by atoms with Crippen LogP contribution in [-0.2, 0) is 0 Å². The molecule has 1 atom stereocenters. The van der Waals surface area contributed by atoms with Gasteiger partial charge in [0, 0.05) is 5.56 Å². The van der Waals surface area contributed by atoms with E-state index >= 15 is 0 Å². The van der Waals surface area contributed by atoms with E-state index in [2.05, 4.69) is 0 Å². The summed E-state index contributed by atoms with van der Waals surface area (Å²) in [5.74, 6) is -4.04. The van der Waals surface area contributed by atoms with Gasteiger partial charge in [-0.25, -0.2) is 13.2 Å². The number of hydrogen-bond acceptors (Lipinski definition) is 2. The predicted octanol–water partition coefficient (Wildman–Crippen LogP) is 3.40. The molecule has 2 rings (SSSR count). The predicted molar refractivity (Wildman–Crippen MR) is 70.8 cm³/mol. The summed E-state index contributed by atoms with van der Waals surface area (Å²) < 4.78 is 40.3. The molecular formula is C15H20F3NO. The van der Waals surface area contributed by atoms with Crippen LogP contribution < -0.4 is 0 Å². The fraction of sp³-hybridized carbons (Fsp3) is 0.600. The summed E-state index contributed by atoms with van der Waals surface area (Å²) in [6, 6.07) is 2.00. The molecule has 1 aromatic carbocycles. The first-order chi connectivity index (χ1) is 9.40. The van der Waals surface area contributed by atoms with Crippen LogP contribution in [0.2, 0.25) is 0 Å². The van der Waals surface area contributed by atoms with E-state index in [4.69, 9.17) is 0 Å². The molecule has 1 aliphatic carbocycles. The molecule has 0 bridgehead atoms. The van der Waals surface area contributed by atoms with Crippen molar-refractivity contribution in [3.63, 3.8) is 0 Å². The Labute approximate surface area is 117 Å². The van der Waals surface area contributed by atoms with E-state index in [0.29, 0.717) is 12.8 Å². The largest absolute Gasteiger partial charge is 0.386 e. The van der Waals surface area contributed by atoms with Crippen LogP contribution in [0.15, 0.2) is 12.1 Å². The van der Waals surface area contributed by atoms with Gasteiger partial charge in [-0.3, -0.25) is 0 Å². The van der Waals surface area contributed by atoms with E-state index in [1.165, 1.54) is 0 Å². The summed E-state index contributed by atoms with van der Waals surface area (Å²) in [5, 5.41) is 10.6. The van der Waals surface area contributed by atoms with Gasteiger partial charge in [0.25, 0.3) is 0 Å². The monoisotopic (exact) mass is 287 g/mol. The first-order valence-electron chi connectivity index (χ1n) is 6.89. The van der Waals surface area contributed by atoms with E-state index < -0.39 is 29.1 Å². The molecule has 0 heterocycles. The van der Waals surface area contributed by atoms with Crippen molar-refractivity contribution in [2.45, 2.75) is 43.7 Å². The maximum Gasteiger partial charge on any atom is 0.194 e. The molecule has 2 nitrogen and oxygen atoms in total. The highest BCUT2D eigenvalue weighted by molar-refractivity contribution is 5.26. The standard InChI is InChI=1S/C15H20F3NO/c1-19(2)15(8-4-3-5-9-15)14(20)10-6-7-11(16)13(18)12(10)17/h6-7,14,20H,3-5,8-9H2,1-2H3. The van der Waals surface area contributed by atoms with Gasteiger partial charge in [0.15, 0.2) is 17.5 Å². The van der Waals surface area contributed by atoms with E-state index in [-0.39, 0.29) is 5.56 Å². The second-order valence-electron chi connectivity index (χ2n) is 5.73. The first-order valence-corrected chi connectivity index (χ1v) is 6.89. The third kappa shape index (κ3) is 2.44. The number of nitrogens with zero attached hydrogens (tertiary/aromatic N) is 1. The summed E-state index contributed by atoms with van der Waals surface area (Å²) >= 11 is 0. The van der Waals surface area contributed by atoms with Crippen molar-refractivity contribution in [3.8, 4) is 0 Å². The summed E-state index contributed by atoms with van der Waals surface area (Å²) in [4.78, 5) is 1.87. The Morgan fingerprint density at radius 3 is 2.20 bits per heavy atom. The van der Waals surface area contributed by atoms with Gasteiger partial charge in [-0.2, -0.15) is 0 Å². The molecule has 0 aliphatic heterocycles. The molecule has 0 saturated heterocycles. The fourth-order valence-electron chi connectivity index (χ4n) is 3.17. The molecule has 1 N–H and O–H groups in total. The summed E-state index contributed by atoms with van der Waals surface area (Å²) in [6.45, 7) is 0. The minimum Gasteiger partial charge on any atom is -0.386 e. The molecule has 112 valence electrons. The third-order valence-electron chi connectivity index (χ3n) is 4.48. The molecule has 1 saturated carbocycles. The van der Waals surface area contributed by atoms with Crippen LogP contribution >= 0.6 is 0 Å². The quantitative estimate of drug-likeness (QED) is 0.861. The lowest BCUT2D eigenvalue weighted by Gasteiger charge is -2.46. The van der Waals surface area contributed by atoms with E-state index in [9.17, 15) is 18.3 Å². The molecule has 1 aromatic rings. The Morgan fingerprint density at radius 2 is 1.65 bits per heavy atom. The molecule has 0 aromatic heterocycles. The maximum absolute atomic E-state index is 13.9. The normalized spacial score (nSPS) is 20.1. The number of likely N-dealkylation sites (N-methyl/N-ethyl adjacent to an activating group) is 1. The summed E-state index contributed by atoms with van der Waals surface area (Å²) in [5.41, 5.74) is -0.789. The molecular weight excluding hydrogens is 267 g/mol. The lowest BCUT2D eigenvalue weighted by molar-refractivity contribution is -0.0355. The van der Waals surface area contributed by atoms with Crippen molar-refractivity contribution in [3.05, 3.63) is 35.1 Å². The van der Waals surface area contributed by atoms with Crippen molar-refractivity contribution < 1.29 is 18.3 Å². The number of benzene rings is 1. The van der Waals surface area contributed by atoms with Crippen molar-refractivity contribution in [1.82, 2.24) is 4.90 Å². The lowest BCUT2D eigenvalue weighted by Crippen LogP contribution is -2.50. The van der Waals surface area contributed by atoms with E-state index in [0.717, 1.165) is 31.4 Å². The van der Waals surface area contributed by atoms with Gasteiger partial charge in [0.05, 0.1) is 5.54 Å². The second-order valence-corrected chi connectivity index (χ2v) is 5.73. The first kappa shape index (κ1) is 15.3. The Hall–Kier alpha value is -1.07. The van der Waals surface area contributed by atoms with Crippen LogP contribution in [-0.4, -0.2) is 29.6 Å². The fourth-order valence-corrected chi connectivity index (χ4v) is 3.17. The Kier molecular flexibility index (Phi) is 4.39. The molecule has 1 aliphatic rings. The Balaban J connectivity index is 2.42. The third-order valence-corrected chi connectivity index (χ3v) is 4.48. The highest BCUT2D eigenvalue weighted by Crippen LogP contribution is 2.42. The van der Waals surface area contributed by atoms with Crippen molar-refractivity contribution in [2.24, 2.45) is 0 Å². The highest BCUT2D eigenvalue weighted by atomic mass is 19.2. The zero-order valence-corrected chi connectivity index (χ0v) is 11.8. The van der Waals surface area contributed by atoms with Gasteiger partial charge in [0.1, 0.15) is 6.10 Å². The summed E-state index contributed by atoms with van der Waals surface area (Å²) in [7, 11) is 3.65. The van der Waals surface area contributed by atoms with Gasteiger partial charge < -0.3 is 10.0 Å². The van der Waals surface area contributed by atoms with Crippen LogP contribution in [0.4, 0.5) is 13.2 Å². The van der Waals surface area contributed by atoms with Gasteiger partial charge in [-0.05, 0) is 33.0 Å². The second kappa shape index (κ2) is 5.74. The smallest absolute Gasteiger partial charge is 0.194 e. The van der Waals surface area contributed by atoms with Crippen molar-refractivity contribution in [2.75, 3.05) is 14.1 Å². The van der Waals surface area contributed by atoms with Crippen LogP contribution in [0, 0.1) is 17.5 Å². The number of aliphatic hydroxyl groups excluding tert-OH is 1. The molecule has 1 unspecified atom stereocenters. The molecule has 0 amide bonds.